The molecular weight excluding hydrogens is 380 g/mol. The molecule has 3 aromatic rings. The van der Waals surface area contributed by atoms with Gasteiger partial charge >= 0.3 is 0 Å². The van der Waals surface area contributed by atoms with Crippen LogP contribution in [0.2, 0.25) is 0 Å². The van der Waals surface area contributed by atoms with Crippen LogP contribution in [0.3, 0.4) is 0 Å². The number of carbonyl (C=O) groups excluding carboxylic acids is 2. The van der Waals surface area contributed by atoms with Crippen LogP contribution in [0.1, 0.15) is 12.0 Å². The molecule has 0 N–H and O–H groups in total. The van der Waals surface area contributed by atoms with Crippen LogP contribution in [0.15, 0.2) is 65.1 Å². The molecule has 0 spiro atoms. The number of rotatable bonds is 3. The fourth-order valence-corrected chi connectivity index (χ4v) is 3.44. The summed E-state index contributed by atoms with van der Waals surface area (Å²) in [6, 6.07) is 19.1. The summed E-state index contributed by atoms with van der Waals surface area (Å²) in [4.78, 5) is 30.9. The van der Waals surface area contributed by atoms with Gasteiger partial charge in [0.05, 0.1) is 11.4 Å². The Hall–Kier alpha value is -2.53. The summed E-state index contributed by atoms with van der Waals surface area (Å²) in [5.74, 6) is -0.278. The summed E-state index contributed by atoms with van der Waals surface area (Å²) < 4.78 is 0.993. The van der Waals surface area contributed by atoms with Gasteiger partial charge in [0.25, 0.3) is 0 Å². The highest BCUT2D eigenvalue weighted by Crippen LogP contribution is 2.29. The lowest BCUT2D eigenvalue weighted by Gasteiger charge is -2.14. The second-order valence-electron chi connectivity index (χ2n) is 6.16. The standard InChI is InChI=1S/C20H15BrN2O2/c21-16-8-5-13(6-9-16)11-15-12-19(24)23(20(15)25)18-10-7-14-3-1-2-4-17(14)22-18/h1-10,15H,11-12H2. The molecule has 0 bridgehead atoms. The normalized spacial score (nSPS) is 17.5. The fraction of sp³-hybridized carbons (Fsp3) is 0.150. The smallest absolute Gasteiger partial charge is 0.238 e. The Labute approximate surface area is 153 Å². The molecule has 25 heavy (non-hydrogen) atoms. The molecule has 1 aromatic heterocycles. The summed E-state index contributed by atoms with van der Waals surface area (Å²) in [5, 5.41) is 0.983. The van der Waals surface area contributed by atoms with Gasteiger partial charge in [0.2, 0.25) is 11.8 Å². The van der Waals surface area contributed by atoms with Crippen molar-refractivity contribution in [2.75, 3.05) is 4.90 Å². The molecule has 0 saturated carbocycles. The minimum Gasteiger partial charge on any atom is -0.274 e. The van der Waals surface area contributed by atoms with Gasteiger partial charge in [0, 0.05) is 16.3 Å². The molecule has 2 heterocycles. The van der Waals surface area contributed by atoms with Gasteiger partial charge in [0.15, 0.2) is 0 Å². The average molecular weight is 395 g/mol. The molecule has 1 aliphatic rings. The molecule has 4 nitrogen and oxygen atoms in total. The van der Waals surface area contributed by atoms with Gasteiger partial charge in [-0.2, -0.15) is 0 Å². The molecule has 0 radical (unpaired) electrons. The van der Waals surface area contributed by atoms with Crippen molar-refractivity contribution in [3.63, 3.8) is 0 Å². The number of carbonyl (C=O) groups is 2. The number of nitrogens with zero attached hydrogens (tertiary/aromatic N) is 2. The highest BCUT2D eigenvalue weighted by molar-refractivity contribution is 9.10. The van der Waals surface area contributed by atoms with Crippen molar-refractivity contribution < 1.29 is 9.59 Å². The number of halogens is 1. The van der Waals surface area contributed by atoms with E-state index in [1.54, 1.807) is 6.07 Å². The van der Waals surface area contributed by atoms with E-state index >= 15 is 0 Å². The van der Waals surface area contributed by atoms with E-state index in [2.05, 4.69) is 20.9 Å². The average Bonchev–Trinajstić information content (AvgIpc) is 2.90. The fourth-order valence-electron chi connectivity index (χ4n) is 3.18. The first kappa shape index (κ1) is 16.0. The number of imide groups is 1. The third-order valence-corrected chi connectivity index (χ3v) is 4.98. The number of hydrogen-bond acceptors (Lipinski definition) is 3. The van der Waals surface area contributed by atoms with Crippen molar-refractivity contribution in [2.45, 2.75) is 12.8 Å². The van der Waals surface area contributed by atoms with Crippen molar-refractivity contribution in [1.29, 1.82) is 0 Å². The summed E-state index contributed by atoms with van der Waals surface area (Å²) in [7, 11) is 0. The van der Waals surface area contributed by atoms with Crippen LogP contribution >= 0.6 is 15.9 Å². The molecule has 5 heteroatoms. The minimum absolute atomic E-state index is 0.171. The van der Waals surface area contributed by atoms with Gasteiger partial charge in [-0.15, -0.1) is 0 Å². The van der Waals surface area contributed by atoms with Gasteiger partial charge < -0.3 is 0 Å². The second kappa shape index (κ2) is 6.41. The Morgan fingerprint density at radius 1 is 1.00 bits per heavy atom. The van der Waals surface area contributed by atoms with E-state index in [0.717, 1.165) is 20.9 Å². The molecule has 4 rings (SSSR count). The quantitative estimate of drug-likeness (QED) is 0.627. The Kier molecular flexibility index (Phi) is 4.09. The van der Waals surface area contributed by atoms with Crippen molar-refractivity contribution >= 4 is 44.5 Å². The number of benzene rings is 2. The van der Waals surface area contributed by atoms with E-state index in [0.29, 0.717) is 12.2 Å². The maximum absolute atomic E-state index is 12.8. The maximum atomic E-state index is 12.8. The van der Waals surface area contributed by atoms with E-state index in [1.807, 2.05) is 54.6 Å². The van der Waals surface area contributed by atoms with Crippen LogP contribution in [0, 0.1) is 5.92 Å². The number of para-hydroxylation sites is 1. The molecular formula is C20H15BrN2O2. The lowest BCUT2D eigenvalue weighted by Crippen LogP contribution is -2.31. The van der Waals surface area contributed by atoms with Crippen LogP contribution in [0.4, 0.5) is 5.82 Å². The van der Waals surface area contributed by atoms with Gasteiger partial charge in [-0.05, 0) is 42.3 Å². The Morgan fingerprint density at radius 2 is 1.76 bits per heavy atom. The summed E-state index contributed by atoms with van der Waals surface area (Å²) in [6.45, 7) is 0. The molecule has 2 aromatic carbocycles. The Morgan fingerprint density at radius 3 is 2.56 bits per heavy atom. The number of fused-ring (bicyclic) bond motifs is 1. The van der Waals surface area contributed by atoms with Crippen LogP contribution in [0.25, 0.3) is 10.9 Å². The third kappa shape index (κ3) is 3.07. The monoisotopic (exact) mass is 394 g/mol. The maximum Gasteiger partial charge on any atom is 0.238 e. The van der Waals surface area contributed by atoms with Crippen molar-refractivity contribution in [1.82, 2.24) is 4.98 Å². The van der Waals surface area contributed by atoms with Crippen LogP contribution in [-0.2, 0) is 16.0 Å². The van der Waals surface area contributed by atoms with E-state index in [1.165, 1.54) is 4.90 Å². The Balaban J connectivity index is 1.60. The molecule has 1 atom stereocenters. The number of anilines is 1. The predicted octanol–water partition coefficient (Wildman–Crippen LogP) is 4.12. The molecule has 0 aliphatic carbocycles. The SMILES string of the molecule is O=C1CC(Cc2ccc(Br)cc2)C(=O)N1c1ccc2ccccc2n1. The van der Waals surface area contributed by atoms with Crippen molar-refractivity contribution in [3.8, 4) is 0 Å². The van der Waals surface area contributed by atoms with Crippen LogP contribution < -0.4 is 4.90 Å². The van der Waals surface area contributed by atoms with Crippen molar-refractivity contribution in [2.24, 2.45) is 5.92 Å². The summed E-state index contributed by atoms with van der Waals surface area (Å²) >= 11 is 3.40. The molecule has 124 valence electrons. The minimum atomic E-state index is -0.332. The molecule has 1 unspecified atom stereocenters. The summed E-state index contributed by atoms with van der Waals surface area (Å²) in [5.41, 5.74) is 1.82. The highest BCUT2D eigenvalue weighted by Gasteiger charge is 2.40. The van der Waals surface area contributed by atoms with Gasteiger partial charge in [-0.3, -0.25) is 9.59 Å². The van der Waals surface area contributed by atoms with E-state index in [9.17, 15) is 9.59 Å². The molecule has 1 aliphatic heterocycles. The lowest BCUT2D eigenvalue weighted by atomic mass is 9.98. The molecule has 1 saturated heterocycles. The summed E-state index contributed by atoms with van der Waals surface area (Å²) in [6.07, 6.45) is 0.783. The first-order chi connectivity index (χ1) is 12.1. The Bertz CT molecular complexity index is 969. The predicted molar refractivity (Wildman–Crippen MR) is 100 cm³/mol. The first-order valence-electron chi connectivity index (χ1n) is 8.09. The van der Waals surface area contributed by atoms with E-state index in [-0.39, 0.29) is 24.2 Å². The second-order valence-corrected chi connectivity index (χ2v) is 7.08. The van der Waals surface area contributed by atoms with Gasteiger partial charge in [0.1, 0.15) is 5.82 Å². The van der Waals surface area contributed by atoms with E-state index in [4.69, 9.17) is 0 Å². The zero-order chi connectivity index (χ0) is 17.4. The highest BCUT2D eigenvalue weighted by atomic mass is 79.9. The lowest BCUT2D eigenvalue weighted by molar-refractivity contribution is -0.122. The largest absolute Gasteiger partial charge is 0.274 e. The van der Waals surface area contributed by atoms with Crippen LogP contribution in [0.5, 0.6) is 0 Å². The van der Waals surface area contributed by atoms with Gasteiger partial charge in [-0.1, -0.05) is 46.3 Å². The number of pyridine rings is 1. The number of hydrogen-bond donors (Lipinski definition) is 0. The molecule has 1 fully saturated rings. The van der Waals surface area contributed by atoms with Crippen molar-refractivity contribution in [3.05, 3.63) is 70.7 Å². The zero-order valence-electron chi connectivity index (χ0n) is 13.4. The molecule has 2 amide bonds. The van der Waals surface area contributed by atoms with Crippen LogP contribution in [-0.4, -0.2) is 16.8 Å². The number of aromatic nitrogens is 1. The third-order valence-electron chi connectivity index (χ3n) is 4.45. The van der Waals surface area contributed by atoms with E-state index < -0.39 is 0 Å². The first-order valence-corrected chi connectivity index (χ1v) is 8.88. The zero-order valence-corrected chi connectivity index (χ0v) is 14.9. The number of amides is 2. The topological polar surface area (TPSA) is 50.3 Å². The van der Waals surface area contributed by atoms with Gasteiger partial charge in [-0.25, -0.2) is 9.88 Å².